The van der Waals surface area contributed by atoms with E-state index in [-0.39, 0.29) is 0 Å². The van der Waals surface area contributed by atoms with Crippen molar-refractivity contribution in [3.8, 4) is 11.1 Å². The van der Waals surface area contributed by atoms with Gasteiger partial charge in [0, 0.05) is 29.9 Å². The van der Waals surface area contributed by atoms with Crippen LogP contribution in [0.5, 0.6) is 0 Å². The number of nitrogens with zero attached hydrogens (tertiary/aromatic N) is 5. The van der Waals surface area contributed by atoms with Crippen molar-refractivity contribution in [1.82, 2.24) is 19.6 Å². The van der Waals surface area contributed by atoms with Crippen molar-refractivity contribution in [2.75, 3.05) is 36.9 Å². The van der Waals surface area contributed by atoms with Crippen LogP contribution < -0.4 is 10.6 Å². The molecule has 23 heavy (non-hydrogen) atoms. The summed E-state index contributed by atoms with van der Waals surface area (Å²) in [6.45, 7) is 2.88. The van der Waals surface area contributed by atoms with E-state index < -0.39 is 0 Å². The molecule has 0 radical (unpaired) electrons. The van der Waals surface area contributed by atoms with Crippen LogP contribution in [0.4, 0.5) is 11.8 Å². The number of rotatable bonds is 2. The van der Waals surface area contributed by atoms with Crippen molar-refractivity contribution < 1.29 is 4.74 Å². The Hall–Kier alpha value is -2.38. The third kappa shape index (κ3) is 2.58. The molecule has 1 aliphatic heterocycles. The van der Waals surface area contributed by atoms with Gasteiger partial charge in [0.1, 0.15) is 5.82 Å². The van der Waals surface area contributed by atoms with Gasteiger partial charge < -0.3 is 15.4 Å². The van der Waals surface area contributed by atoms with Crippen molar-refractivity contribution >= 4 is 29.1 Å². The van der Waals surface area contributed by atoms with Crippen molar-refractivity contribution in [2.24, 2.45) is 0 Å². The maximum Gasteiger partial charge on any atom is 0.255 e. The summed E-state index contributed by atoms with van der Waals surface area (Å²) >= 11 is 5.93. The van der Waals surface area contributed by atoms with Crippen molar-refractivity contribution in [3.63, 3.8) is 0 Å². The zero-order chi connectivity index (χ0) is 15.8. The van der Waals surface area contributed by atoms with Gasteiger partial charge in [-0.1, -0.05) is 23.7 Å². The first-order valence-electron chi connectivity index (χ1n) is 7.32. The first-order chi connectivity index (χ1) is 11.2. The molecule has 1 fully saturated rings. The molecule has 3 aromatic rings. The minimum absolute atomic E-state index is 0.488. The van der Waals surface area contributed by atoms with Crippen LogP contribution in [-0.2, 0) is 4.74 Å². The van der Waals surface area contributed by atoms with E-state index in [1.165, 1.54) is 0 Å². The normalized spacial score (nSPS) is 15.3. The molecule has 2 N–H and O–H groups in total. The quantitative estimate of drug-likeness (QED) is 0.772. The molecule has 0 aliphatic carbocycles. The van der Waals surface area contributed by atoms with Crippen LogP contribution in [0.2, 0.25) is 5.02 Å². The van der Waals surface area contributed by atoms with Crippen LogP contribution >= 0.6 is 11.6 Å². The van der Waals surface area contributed by atoms with E-state index in [1.807, 2.05) is 24.3 Å². The highest BCUT2D eigenvalue weighted by atomic mass is 35.5. The number of hydrogen-bond acceptors (Lipinski definition) is 6. The molecule has 0 saturated carbocycles. The van der Waals surface area contributed by atoms with Gasteiger partial charge in [0.2, 0.25) is 5.95 Å². The average molecular weight is 331 g/mol. The minimum Gasteiger partial charge on any atom is -0.383 e. The molecule has 0 unspecified atom stereocenters. The fourth-order valence-corrected chi connectivity index (χ4v) is 2.72. The van der Waals surface area contributed by atoms with E-state index in [1.54, 1.807) is 10.7 Å². The van der Waals surface area contributed by atoms with Gasteiger partial charge in [0.05, 0.1) is 13.2 Å². The maximum atomic E-state index is 6.28. The van der Waals surface area contributed by atoms with Crippen LogP contribution in [0, 0.1) is 0 Å². The molecular weight excluding hydrogens is 316 g/mol. The monoisotopic (exact) mass is 330 g/mol. The topological polar surface area (TPSA) is 81.6 Å². The van der Waals surface area contributed by atoms with E-state index >= 15 is 0 Å². The standard InChI is InChI=1S/C15H15ClN6O/c16-11-3-1-10(2-4-11)12-9-18-14-19-15(20-22(14)13(12)17)21-5-7-23-8-6-21/h1-4,9H,5-8,17H2. The Morgan fingerprint density at radius 3 is 2.61 bits per heavy atom. The predicted molar refractivity (Wildman–Crippen MR) is 88.7 cm³/mol. The molecule has 8 heteroatoms. The number of halogens is 1. The second-order valence-corrected chi connectivity index (χ2v) is 5.72. The number of fused-ring (bicyclic) bond motifs is 1. The molecule has 1 saturated heterocycles. The summed E-state index contributed by atoms with van der Waals surface area (Å²) in [6.07, 6.45) is 1.71. The summed E-state index contributed by atoms with van der Waals surface area (Å²) in [5.74, 6) is 1.62. The lowest BCUT2D eigenvalue weighted by Gasteiger charge is -2.25. The Morgan fingerprint density at radius 2 is 1.87 bits per heavy atom. The third-order valence-corrected chi connectivity index (χ3v) is 4.09. The average Bonchev–Trinajstić information content (AvgIpc) is 3.02. The molecule has 1 aliphatic rings. The molecule has 0 amide bonds. The molecule has 118 valence electrons. The number of nitrogens with two attached hydrogens (primary N) is 1. The number of aromatic nitrogens is 4. The summed E-state index contributed by atoms with van der Waals surface area (Å²) in [4.78, 5) is 10.9. The number of benzene rings is 1. The molecule has 0 bridgehead atoms. The number of anilines is 2. The molecule has 1 aromatic carbocycles. The van der Waals surface area contributed by atoms with Crippen molar-refractivity contribution in [3.05, 3.63) is 35.5 Å². The minimum atomic E-state index is 0.488. The number of hydrogen-bond donors (Lipinski definition) is 1. The Bertz CT molecular complexity index is 841. The summed E-state index contributed by atoms with van der Waals surface area (Å²) in [5.41, 5.74) is 8.01. The van der Waals surface area contributed by atoms with Crippen LogP contribution in [0.1, 0.15) is 0 Å². The van der Waals surface area contributed by atoms with Crippen LogP contribution in [-0.4, -0.2) is 45.9 Å². The summed E-state index contributed by atoms with van der Waals surface area (Å²) < 4.78 is 6.93. The molecule has 7 nitrogen and oxygen atoms in total. The second-order valence-electron chi connectivity index (χ2n) is 5.29. The fraction of sp³-hybridized carbons (Fsp3) is 0.267. The van der Waals surface area contributed by atoms with Crippen molar-refractivity contribution in [2.45, 2.75) is 0 Å². The summed E-state index contributed by atoms with van der Waals surface area (Å²) in [7, 11) is 0. The summed E-state index contributed by atoms with van der Waals surface area (Å²) in [6, 6.07) is 7.45. The van der Waals surface area contributed by atoms with Gasteiger partial charge in [0.25, 0.3) is 5.78 Å². The summed E-state index contributed by atoms with van der Waals surface area (Å²) in [5, 5.41) is 5.18. The lowest BCUT2D eigenvalue weighted by Crippen LogP contribution is -2.36. The Kier molecular flexibility index (Phi) is 3.51. The molecular formula is C15H15ClN6O. The van der Waals surface area contributed by atoms with E-state index in [0.717, 1.165) is 24.2 Å². The molecule has 4 rings (SSSR count). The second kappa shape index (κ2) is 5.68. The number of morpholine rings is 1. The molecule has 0 spiro atoms. The van der Waals surface area contributed by atoms with Gasteiger partial charge in [-0.05, 0) is 17.7 Å². The highest BCUT2D eigenvalue weighted by molar-refractivity contribution is 6.30. The van der Waals surface area contributed by atoms with Gasteiger partial charge >= 0.3 is 0 Å². The number of ether oxygens (including phenoxy) is 1. The van der Waals surface area contributed by atoms with Crippen LogP contribution in [0.25, 0.3) is 16.9 Å². The van der Waals surface area contributed by atoms with E-state index in [4.69, 9.17) is 22.1 Å². The van der Waals surface area contributed by atoms with Gasteiger partial charge in [-0.3, -0.25) is 0 Å². The largest absolute Gasteiger partial charge is 0.383 e. The number of nitrogen functional groups attached to an aromatic ring is 1. The smallest absolute Gasteiger partial charge is 0.255 e. The molecule has 0 atom stereocenters. The highest BCUT2D eigenvalue weighted by Gasteiger charge is 2.18. The predicted octanol–water partition coefficient (Wildman–Crippen LogP) is 1.86. The van der Waals surface area contributed by atoms with E-state index in [9.17, 15) is 0 Å². The zero-order valence-electron chi connectivity index (χ0n) is 12.3. The Labute approximate surface area is 137 Å². The van der Waals surface area contributed by atoms with Crippen molar-refractivity contribution in [1.29, 1.82) is 0 Å². The van der Waals surface area contributed by atoms with E-state index in [0.29, 0.717) is 35.8 Å². The Morgan fingerprint density at radius 1 is 1.13 bits per heavy atom. The maximum absolute atomic E-state index is 6.28. The van der Waals surface area contributed by atoms with Gasteiger partial charge in [-0.25, -0.2) is 4.98 Å². The fourth-order valence-electron chi connectivity index (χ4n) is 2.59. The first-order valence-corrected chi connectivity index (χ1v) is 7.70. The van der Waals surface area contributed by atoms with Gasteiger partial charge in [0.15, 0.2) is 0 Å². The third-order valence-electron chi connectivity index (χ3n) is 3.84. The highest BCUT2D eigenvalue weighted by Crippen LogP contribution is 2.27. The Balaban J connectivity index is 1.77. The lowest BCUT2D eigenvalue weighted by atomic mass is 10.1. The zero-order valence-corrected chi connectivity index (χ0v) is 13.1. The van der Waals surface area contributed by atoms with Gasteiger partial charge in [-0.15, -0.1) is 5.10 Å². The van der Waals surface area contributed by atoms with E-state index in [2.05, 4.69) is 20.0 Å². The molecule has 3 heterocycles. The van der Waals surface area contributed by atoms with Crippen LogP contribution in [0.3, 0.4) is 0 Å². The first kappa shape index (κ1) is 14.2. The van der Waals surface area contributed by atoms with Crippen LogP contribution in [0.15, 0.2) is 30.5 Å². The van der Waals surface area contributed by atoms with Gasteiger partial charge in [-0.2, -0.15) is 9.50 Å². The molecule has 2 aromatic heterocycles. The lowest BCUT2D eigenvalue weighted by molar-refractivity contribution is 0.122. The SMILES string of the molecule is Nc1c(-c2ccc(Cl)cc2)cnc2nc(N3CCOCC3)nn12.